The molecule has 2 rings (SSSR count). The van der Waals surface area contributed by atoms with E-state index in [9.17, 15) is 0 Å². The molecule has 0 aromatic heterocycles. The van der Waals surface area contributed by atoms with E-state index in [-0.39, 0.29) is 6.61 Å². The lowest BCUT2D eigenvalue weighted by atomic mass is 10.1. The number of rotatable bonds is 7. The molecule has 0 unspecified atom stereocenters. The molecule has 0 aliphatic heterocycles. The molecule has 2 N–H and O–H groups in total. The summed E-state index contributed by atoms with van der Waals surface area (Å²) in [5, 5.41) is 12.9. The first-order valence-corrected chi connectivity index (χ1v) is 7.47. The Morgan fingerprint density at radius 1 is 1.14 bits per heavy atom. The van der Waals surface area contributed by atoms with Crippen LogP contribution in [0.4, 0.5) is 0 Å². The van der Waals surface area contributed by atoms with E-state index in [2.05, 4.69) is 12.2 Å². The second-order valence-electron chi connectivity index (χ2n) is 4.75. The zero-order valence-electron chi connectivity index (χ0n) is 12.1. The highest BCUT2D eigenvalue weighted by Gasteiger charge is 2.06. The number of halogens is 1. The number of ether oxygens (including phenoxy) is 1. The van der Waals surface area contributed by atoms with Crippen LogP contribution in [0, 0.1) is 0 Å². The third-order valence-corrected chi connectivity index (χ3v) is 3.37. The summed E-state index contributed by atoms with van der Waals surface area (Å²) in [6, 6.07) is 13.4. The van der Waals surface area contributed by atoms with Crippen LogP contribution in [0.2, 0.25) is 5.02 Å². The lowest BCUT2D eigenvalue weighted by molar-refractivity contribution is 0.299. The van der Waals surface area contributed by atoms with Crippen LogP contribution in [-0.4, -0.2) is 18.3 Å². The average molecular weight is 306 g/mol. The van der Waals surface area contributed by atoms with Gasteiger partial charge in [0.05, 0.1) is 0 Å². The van der Waals surface area contributed by atoms with Gasteiger partial charge in [-0.25, -0.2) is 0 Å². The summed E-state index contributed by atoms with van der Waals surface area (Å²) < 4.78 is 5.93. The predicted octanol–water partition coefficient (Wildman–Crippen LogP) is 3.78. The fourth-order valence-corrected chi connectivity index (χ4v) is 2.22. The van der Waals surface area contributed by atoms with Crippen LogP contribution in [0.25, 0.3) is 0 Å². The van der Waals surface area contributed by atoms with Crippen molar-refractivity contribution in [1.82, 2.24) is 5.32 Å². The molecule has 0 saturated heterocycles. The normalized spacial score (nSPS) is 10.6. The highest BCUT2D eigenvalue weighted by Crippen LogP contribution is 2.28. The van der Waals surface area contributed by atoms with Crippen LogP contribution in [-0.2, 0) is 13.0 Å². The Morgan fingerprint density at radius 2 is 1.90 bits per heavy atom. The Hall–Kier alpha value is -1.55. The molecular weight excluding hydrogens is 286 g/mol. The van der Waals surface area contributed by atoms with Crippen molar-refractivity contribution in [1.29, 1.82) is 0 Å². The predicted molar refractivity (Wildman–Crippen MR) is 86.1 cm³/mol. The molecule has 4 heteroatoms. The van der Waals surface area contributed by atoms with E-state index >= 15 is 0 Å². The van der Waals surface area contributed by atoms with Crippen molar-refractivity contribution >= 4 is 11.6 Å². The van der Waals surface area contributed by atoms with Gasteiger partial charge in [0.15, 0.2) is 0 Å². The summed E-state index contributed by atoms with van der Waals surface area (Å²) in [4.78, 5) is 0. The van der Waals surface area contributed by atoms with Gasteiger partial charge in [0.1, 0.15) is 11.5 Å². The van der Waals surface area contributed by atoms with E-state index in [0.29, 0.717) is 11.4 Å². The number of benzene rings is 2. The molecule has 2 aromatic rings. The molecule has 0 bridgehead atoms. The second-order valence-corrected chi connectivity index (χ2v) is 5.19. The van der Waals surface area contributed by atoms with Crippen LogP contribution in [0.3, 0.4) is 0 Å². The molecule has 0 heterocycles. The van der Waals surface area contributed by atoms with Crippen LogP contribution in [0.1, 0.15) is 18.1 Å². The highest BCUT2D eigenvalue weighted by atomic mass is 35.5. The van der Waals surface area contributed by atoms with Crippen molar-refractivity contribution in [3.8, 4) is 11.5 Å². The van der Waals surface area contributed by atoms with Crippen molar-refractivity contribution in [2.45, 2.75) is 19.9 Å². The van der Waals surface area contributed by atoms with Gasteiger partial charge >= 0.3 is 0 Å². The maximum absolute atomic E-state index is 8.92. The average Bonchev–Trinajstić information content (AvgIpc) is 2.49. The Morgan fingerprint density at radius 3 is 2.57 bits per heavy atom. The monoisotopic (exact) mass is 305 g/mol. The molecule has 21 heavy (non-hydrogen) atoms. The molecule has 0 aliphatic carbocycles. The molecule has 0 radical (unpaired) electrons. The Labute approximate surface area is 130 Å². The lowest BCUT2D eigenvalue weighted by Crippen LogP contribution is -2.12. The second kappa shape index (κ2) is 8.03. The van der Waals surface area contributed by atoms with Crippen LogP contribution in [0.15, 0.2) is 42.5 Å². The maximum Gasteiger partial charge on any atom is 0.132 e. The minimum Gasteiger partial charge on any atom is -0.457 e. The molecular formula is C17H20ClNO2. The van der Waals surface area contributed by atoms with Gasteiger partial charge in [0.2, 0.25) is 0 Å². The molecule has 0 aliphatic rings. The molecule has 0 saturated carbocycles. The Balaban J connectivity index is 2.14. The molecule has 0 amide bonds. The minimum atomic E-state index is 0.157. The van der Waals surface area contributed by atoms with Crippen LogP contribution < -0.4 is 10.1 Å². The smallest absolute Gasteiger partial charge is 0.132 e. The summed E-state index contributed by atoms with van der Waals surface area (Å²) in [5.74, 6) is 1.58. The van der Waals surface area contributed by atoms with Crippen molar-refractivity contribution < 1.29 is 9.84 Å². The summed E-state index contributed by atoms with van der Waals surface area (Å²) in [7, 11) is 0. The Bertz CT molecular complexity index is 570. The first-order valence-electron chi connectivity index (χ1n) is 7.09. The van der Waals surface area contributed by atoms with Crippen molar-refractivity contribution in [3.05, 3.63) is 58.6 Å². The number of aliphatic hydroxyl groups is 1. The van der Waals surface area contributed by atoms with E-state index in [1.165, 1.54) is 0 Å². The number of hydrogen-bond acceptors (Lipinski definition) is 3. The van der Waals surface area contributed by atoms with E-state index in [4.69, 9.17) is 21.4 Å². The summed E-state index contributed by atoms with van der Waals surface area (Å²) in [6.45, 7) is 3.83. The molecule has 0 spiro atoms. The standard InChI is InChI=1S/C17H20ClNO2/c1-2-19-12-14-11-15(18)5-8-17(14)21-16-6-3-13(4-7-16)9-10-20/h3-8,11,19-20H,2,9-10,12H2,1H3. The fraction of sp³-hybridized carbons (Fsp3) is 0.294. The number of hydrogen-bond donors (Lipinski definition) is 2. The van der Waals surface area contributed by atoms with Crippen molar-refractivity contribution in [2.24, 2.45) is 0 Å². The van der Waals surface area contributed by atoms with Gasteiger partial charge in [0, 0.05) is 23.7 Å². The quantitative estimate of drug-likeness (QED) is 0.818. The number of nitrogens with one attached hydrogen (secondary N) is 1. The zero-order valence-corrected chi connectivity index (χ0v) is 12.9. The Kier molecular flexibility index (Phi) is 6.05. The van der Waals surface area contributed by atoms with Gasteiger partial charge in [-0.15, -0.1) is 0 Å². The summed E-state index contributed by atoms with van der Waals surface area (Å²) in [6.07, 6.45) is 0.660. The van der Waals surface area contributed by atoms with E-state index in [0.717, 1.165) is 35.7 Å². The lowest BCUT2D eigenvalue weighted by Gasteiger charge is -2.12. The van der Waals surface area contributed by atoms with Crippen molar-refractivity contribution in [2.75, 3.05) is 13.2 Å². The largest absolute Gasteiger partial charge is 0.457 e. The van der Waals surface area contributed by atoms with Gasteiger partial charge in [-0.3, -0.25) is 0 Å². The SMILES string of the molecule is CCNCc1cc(Cl)ccc1Oc1ccc(CCO)cc1. The minimum absolute atomic E-state index is 0.157. The molecule has 3 nitrogen and oxygen atoms in total. The van der Waals surface area contributed by atoms with Gasteiger partial charge in [-0.1, -0.05) is 30.7 Å². The topological polar surface area (TPSA) is 41.5 Å². The fourth-order valence-electron chi connectivity index (χ4n) is 2.03. The van der Waals surface area contributed by atoms with Gasteiger partial charge in [-0.05, 0) is 48.9 Å². The molecule has 0 atom stereocenters. The zero-order chi connectivity index (χ0) is 15.1. The van der Waals surface area contributed by atoms with Gasteiger partial charge < -0.3 is 15.2 Å². The third kappa shape index (κ3) is 4.74. The van der Waals surface area contributed by atoms with Crippen molar-refractivity contribution in [3.63, 3.8) is 0 Å². The van der Waals surface area contributed by atoms with E-state index in [1.54, 1.807) is 0 Å². The number of aliphatic hydroxyl groups excluding tert-OH is 1. The van der Waals surface area contributed by atoms with Crippen LogP contribution >= 0.6 is 11.6 Å². The summed E-state index contributed by atoms with van der Waals surface area (Å²) in [5.41, 5.74) is 2.12. The highest BCUT2D eigenvalue weighted by molar-refractivity contribution is 6.30. The molecule has 112 valence electrons. The molecule has 2 aromatic carbocycles. The van der Waals surface area contributed by atoms with E-state index in [1.807, 2.05) is 42.5 Å². The first-order chi connectivity index (χ1) is 10.2. The summed E-state index contributed by atoms with van der Waals surface area (Å²) >= 11 is 6.05. The molecule has 0 fully saturated rings. The maximum atomic E-state index is 8.92. The van der Waals surface area contributed by atoms with Gasteiger partial charge in [-0.2, -0.15) is 0 Å². The van der Waals surface area contributed by atoms with Crippen LogP contribution in [0.5, 0.6) is 11.5 Å². The first kappa shape index (κ1) is 15.8. The van der Waals surface area contributed by atoms with E-state index < -0.39 is 0 Å². The van der Waals surface area contributed by atoms with Gasteiger partial charge in [0.25, 0.3) is 0 Å². The third-order valence-electron chi connectivity index (χ3n) is 3.14.